The number of aromatic nitrogens is 2. The monoisotopic (exact) mass is 264 g/mol. The Hall–Kier alpha value is -2.15. The molecule has 2 rings (SSSR count). The van der Waals surface area contributed by atoms with Crippen LogP contribution in [0.1, 0.15) is 5.56 Å². The maximum Gasteiger partial charge on any atom is 0.192 e. The van der Waals surface area contributed by atoms with Crippen LogP contribution in [0.25, 0.3) is 0 Å². The first-order chi connectivity index (χ1) is 8.70. The average molecular weight is 264 g/mol. The second kappa shape index (κ2) is 5.46. The van der Waals surface area contributed by atoms with Gasteiger partial charge in [-0.05, 0) is 36.0 Å². The van der Waals surface area contributed by atoms with Gasteiger partial charge in [0.15, 0.2) is 11.0 Å². The van der Waals surface area contributed by atoms with E-state index in [1.165, 1.54) is 12.1 Å². The zero-order valence-electron chi connectivity index (χ0n) is 9.12. The van der Waals surface area contributed by atoms with Crippen LogP contribution < -0.4 is 5.73 Å². The highest BCUT2D eigenvalue weighted by Crippen LogP contribution is 2.27. The van der Waals surface area contributed by atoms with Gasteiger partial charge < -0.3 is 10.9 Å². The van der Waals surface area contributed by atoms with Crippen molar-refractivity contribution in [3.63, 3.8) is 0 Å². The number of benzene rings is 1. The van der Waals surface area contributed by atoms with Crippen molar-refractivity contribution in [2.45, 2.75) is 10.1 Å². The molecule has 5 nitrogen and oxygen atoms in total. The van der Waals surface area contributed by atoms with Gasteiger partial charge in [0.25, 0.3) is 0 Å². The molecule has 0 radical (unpaired) electrons. The van der Waals surface area contributed by atoms with Crippen molar-refractivity contribution < 1.29 is 9.60 Å². The standard InChI is InChI=1S/C11H9FN4OS/c12-8-6-7(10(13)16-17)2-3-9(8)18-11-14-4-1-5-15-11/h1-6,17H,(H2,13,16). The summed E-state index contributed by atoms with van der Waals surface area (Å²) in [6.07, 6.45) is 3.16. The molecule has 0 unspecified atom stereocenters. The van der Waals surface area contributed by atoms with E-state index in [0.717, 1.165) is 11.8 Å². The van der Waals surface area contributed by atoms with Crippen LogP contribution in [0, 0.1) is 5.82 Å². The van der Waals surface area contributed by atoms with Gasteiger partial charge in [-0.1, -0.05) is 5.16 Å². The Labute approximate surface area is 107 Å². The van der Waals surface area contributed by atoms with Gasteiger partial charge in [0.05, 0.1) is 4.90 Å². The lowest BCUT2D eigenvalue weighted by Crippen LogP contribution is -2.13. The van der Waals surface area contributed by atoms with Crippen LogP contribution in [0.3, 0.4) is 0 Å². The number of hydrogen-bond acceptors (Lipinski definition) is 5. The van der Waals surface area contributed by atoms with E-state index in [1.54, 1.807) is 24.5 Å². The number of nitrogens with two attached hydrogens (primary N) is 1. The van der Waals surface area contributed by atoms with Crippen LogP contribution in [-0.2, 0) is 0 Å². The molecular weight excluding hydrogens is 255 g/mol. The molecule has 0 aliphatic heterocycles. The molecule has 0 atom stereocenters. The Morgan fingerprint density at radius 2 is 2.06 bits per heavy atom. The smallest absolute Gasteiger partial charge is 0.192 e. The second-order valence-corrected chi connectivity index (χ2v) is 4.27. The minimum absolute atomic E-state index is 0.138. The largest absolute Gasteiger partial charge is 0.409 e. The van der Waals surface area contributed by atoms with Crippen LogP contribution in [0.5, 0.6) is 0 Å². The van der Waals surface area contributed by atoms with Gasteiger partial charge in [-0.3, -0.25) is 0 Å². The normalized spacial score (nSPS) is 11.5. The van der Waals surface area contributed by atoms with E-state index in [0.29, 0.717) is 15.6 Å². The summed E-state index contributed by atoms with van der Waals surface area (Å²) in [5, 5.41) is 11.8. The van der Waals surface area contributed by atoms with Crippen LogP contribution >= 0.6 is 11.8 Å². The lowest BCUT2D eigenvalue weighted by Gasteiger charge is -2.04. The highest BCUT2D eigenvalue weighted by Gasteiger charge is 2.08. The van der Waals surface area contributed by atoms with Gasteiger partial charge in [-0.2, -0.15) is 0 Å². The van der Waals surface area contributed by atoms with Crippen LogP contribution in [0.4, 0.5) is 4.39 Å². The minimum atomic E-state index is -0.475. The maximum absolute atomic E-state index is 13.8. The molecule has 0 aliphatic rings. The molecule has 1 aromatic carbocycles. The van der Waals surface area contributed by atoms with Crippen molar-refractivity contribution in [3.05, 3.63) is 48.0 Å². The van der Waals surface area contributed by atoms with E-state index < -0.39 is 5.82 Å². The minimum Gasteiger partial charge on any atom is -0.409 e. The van der Waals surface area contributed by atoms with Crippen molar-refractivity contribution >= 4 is 17.6 Å². The summed E-state index contributed by atoms with van der Waals surface area (Å²) in [6.45, 7) is 0. The quantitative estimate of drug-likeness (QED) is 0.290. The average Bonchev–Trinajstić information content (AvgIpc) is 2.41. The van der Waals surface area contributed by atoms with Crippen LogP contribution in [0.2, 0.25) is 0 Å². The first kappa shape index (κ1) is 12.3. The lowest BCUT2D eigenvalue weighted by molar-refractivity contribution is 0.318. The molecule has 0 fully saturated rings. The third-order valence-corrected chi connectivity index (χ3v) is 3.02. The molecule has 0 amide bonds. The Bertz CT molecular complexity index is 577. The van der Waals surface area contributed by atoms with Crippen molar-refractivity contribution in [3.8, 4) is 0 Å². The Balaban J connectivity index is 2.26. The van der Waals surface area contributed by atoms with E-state index in [2.05, 4.69) is 15.1 Å². The molecule has 7 heteroatoms. The van der Waals surface area contributed by atoms with Crippen molar-refractivity contribution in [1.82, 2.24) is 9.97 Å². The Kier molecular flexibility index (Phi) is 3.73. The zero-order chi connectivity index (χ0) is 13.0. The predicted molar refractivity (Wildman–Crippen MR) is 65.1 cm³/mol. The number of hydrogen-bond donors (Lipinski definition) is 2. The fraction of sp³-hybridized carbons (Fsp3) is 0. The van der Waals surface area contributed by atoms with Gasteiger partial charge >= 0.3 is 0 Å². The van der Waals surface area contributed by atoms with Crippen LogP contribution in [0.15, 0.2) is 51.9 Å². The summed E-state index contributed by atoms with van der Waals surface area (Å²) in [4.78, 5) is 8.34. The summed E-state index contributed by atoms with van der Waals surface area (Å²) in [5.41, 5.74) is 5.68. The van der Waals surface area contributed by atoms with E-state index in [4.69, 9.17) is 10.9 Å². The van der Waals surface area contributed by atoms with Gasteiger partial charge in [0.2, 0.25) is 0 Å². The SMILES string of the molecule is N/C(=N\O)c1ccc(Sc2ncccn2)c(F)c1. The summed E-state index contributed by atoms with van der Waals surface area (Å²) in [6, 6.07) is 5.97. The number of rotatable bonds is 3. The molecule has 0 aliphatic carbocycles. The summed E-state index contributed by atoms with van der Waals surface area (Å²) < 4.78 is 13.8. The van der Waals surface area contributed by atoms with Crippen molar-refractivity contribution in [1.29, 1.82) is 0 Å². The third-order valence-electron chi connectivity index (χ3n) is 2.08. The summed E-state index contributed by atoms with van der Waals surface area (Å²) in [5.74, 6) is -0.613. The van der Waals surface area contributed by atoms with Gasteiger partial charge in [-0.15, -0.1) is 0 Å². The first-order valence-corrected chi connectivity index (χ1v) is 5.74. The molecule has 3 N–H and O–H groups in total. The summed E-state index contributed by atoms with van der Waals surface area (Å²) >= 11 is 1.10. The fourth-order valence-electron chi connectivity index (χ4n) is 1.24. The second-order valence-electron chi connectivity index (χ2n) is 3.26. The lowest BCUT2D eigenvalue weighted by atomic mass is 10.2. The number of amidine groups is 1. The van der Waals surface area contributed by atoms with Gasteiger partial charge in [0, 0.05) is 18.0 Å². The highest BCUT2D eigenvalue weighted by atomic mass is 32.2. The van der Waals surface area contributed by atoms with E-state index in [9.17, 15) is 4.39 Å². The van der Waals surface area contributed by atoms with Crippen molar-refractivity contribution in [2.75, 3.05) is 0 Å². The van der Waals surface area contributed by atoms with Crippen molar-refractivity contribution in [2.24, 2.45) is 10.9 Å². The molecule has 92 valence electrons. The first-order valence-electron chi connectivity index (χ1n) is 4.93. The topological polar surface area (TPSA) is 84.4 Å². The predicted octanol–water partition coefficient (Wildman–Crippen LogP) is 1.86. The molecule has 18 heavy (non-hydrogen) atoms. The Morgan fingerprint density at radius 3 is 2.67 bits per heavy atom. The maximum atomic E-state index is 13.8. The zero-order valence-corrected chi connectivity index (χ0v) is 9.93. The molecule has 0 bridgehead atoms. The molecule has 1 heterocycles. The Morgan fingerprint density at radius 1 is 1.33 bits per heavy atom. The molecule has 2 aromatic rings. The molecule has 1 aromatic heterocycles. The number of oxime groups is 1. The van der Waals surface area contributed by atoms with Crippen LogP contribution in [-0.4, -0.2) is 21.0 Å². The van der Waals surface area contributed by atoms with Gasteiger partial charge in [-0.25, -0.2) is 14.4 Å². The molecule has 0 saturated heterocycles. The molecule has 0 spiro atoms. The van der Waals surface area contributed by atoms with E-state index in [1.807, 2.05) is 0 Å². The number of nitrogens with zero attached hydrogens (tertiary/aromatic N) is 3. The third kappa shape index (κ3) is 2.75. The fourth-order valence-corrected chi connectivity index (χ4v) is 1.95. The van der Waals surface area contributed by atoms with E-state index >= 15 is 0 Å². The molecule has 0 saturated carbocycles. The van der Waals surface area contributed by atoms with E-state index in [-0.39, 0.29) is 5.84 Å². The number of halogens is 1. The van der Waals surface area contributed by atoms with Gasteiger partial charge in [0.1, 0.15) is 5.82 Å². The highest BCUT2D eigenvalue weighted by molar-refractivity contribution is 7.99. The molecular formula is C11H9FN4OS. The summed E-state index contributed by atoms with van der Waals surface area (Å²) in [7, 11) is 0.